The number of aryl methyl sites for hydroxylation is 1. The molecule has 154 valence electrons. The van der Waals surface area contributed by atoms with Crippen molar-refractivity contribution in [2.45, 2.75) is 22.5 Å². The summed E-state index contributed by atoms with van der Waals surface area (Å²) in [7, 11) is -4.07. The van der Waals surface area contributed by atoms with E-state index in [2.05, 4.69) is 0 Å². The van der Waals surface area contributed by atoms with Crippen molar-refractivity contribution in [2.24, 2.45) is 0 Å². The van der Waals surface area contributed by atoms with Crippen LogP contribution in [-0.2, 0) is 10.0 Å². The number of alkyl halides is 2. The molecule has 0 spiro atoms. The summed E-state index contributed by atoms with van der Waals surface area (Å²) in [6, 6.07) is 19.7. The van der Waals surface area contributed by atoms with E-state index in [1.165, 1.54) is 18.2 Å². The molecule has 0 aliphatic rings. The van der Waals surface area contributed by atoms with Gasteiger partial charge in [0.2, 0.25) is 0 Å². The minimum Gasteiger partial charge on any atom is -0.232 e. The minimum atomic E-state index is -4.07. The van der Waals surface area contributed by atoms with Crippen molar-refractivity contribution in [3.63, 3.8) is 0 Å². The molecule has 1 heterocycles. The Bertz CT molecular complexity index is 1320. The summed E-state index contributed by atoms with van der Waals surface area (Å²) in [5, 5.41) is 0.699. The fourth-order valence-electron chi connectivity index (χ4n) is 3.33. The molecule has 0 amide bonds. The Morgan fingerprint density at radius 1 is 0.967 bits per heavy atom. The Morgan fingerprint density at radius 3 is 2.27 bits per heavy atom. The average molecular weight is 464 g/mol. The zero-order chi connectivity index (χ0) is 21.5. The van der Waals surface area contributed by atoms with Gasteiger partial charge in [0.1, 0.15) is 0 Å². The van der Waals surface area contributed by atoms with Crippen LogP contribution in [0, 0.1) is 6.92 Å². The topological polar surface area (TPSA) is 39.1 Å². The number of benzene rings is 3. The molecule has 0 aliphatic heterocycles. The molecule has 0 atom stereocenters. The molecule has 30 heavy (non-hydrogen) atoms. The molecule has 4 aromatic rings. The van der Waals surface area contributed by atoms with Crippen LogP contribution in [0.1, 0.15) is 5.56 Å². The van der Waals surface area contributed by atoms with E-state index in [0.29, 0.717) is 33.3 Å². The van der Waals surface area contributed by atoms with Crippen LogP contribution in [0.15, 0.2) is 82.6 Å². The summed E-state index contributed by atoms with van der Waals surface area (Å²) >= 11 is 6.44. The predicted molar refractivity (Wildman–Crippen MR) is 118 cm³/mol. The molecule has 0 radical (unpaired) electrons. The van der Waals surface area contributed by atoms with Crippen molar-refractivity contribution in [3.8, 4) is 11.3 Å². The number of hydrogen-bond donors (Lipinski definition) is 0. The van der Waals surface area contributed by atoms with E-state index in [4.69, 9.17) is 11.6 Å². The van der Waals surface area contributed by atoms with Crippen molar-refractivity contribution >= 4 is 44.3 Å². The standard InChI is InChI=1S/C22H16ClF2NO2S2/c1-14-7-10-17(11-8-14)30(27,28)26-19-12-9-16(23)13-18(19)21(29-22(24)25)20(26)15-5-3-2-4-6-15/h2-13,22H,1H3. The van der Waals surface area contributed by atoms with Crippen LogP contribution in [-0.4, -0.2) is 18.1 Å². The second-order valence-electron chi connectivity index (χ2n) is 6.67. The summed E-state index contributed by atoms with van der Waals surface area (Å²) in [5.41, 5.74) is 1.92. The van der Waals surface area contributed by atoms with E-state index in [9.17, 15) is 17.2 Å². The highest BCUT2D eigenvalue weighted by atomic mass is 35.5. The van der Waals surface area contributed by atoms with E-state index < -0.39 is 15.8 Å². The van der Waals surface area contributed by atoms with Gasteiger partial charge in [-0.25, -0.2) is 12.4 Å². The molecular weight excluding hydrogens is 448 g/mol. The number of fused-ring (bicyclic) bond motifs is 1. The fraction of sp³-hybridized carbons (Fsp3) is 0.0909. The van der Waals surface area contributed by atoms with Crippen LogP contribution < -0.4 is 0 Å². The predicted octanol–water partition coefficient (Wildman–Crippen LogP) is 6.82. The third-order valence-corrected chi connectivity index (χ3v) is 7.44. The number of aromatic nitrogens is 1. The molecule has 3 nitrogen and oxygen atoms in total. The van der Waals surface area contributed by atoms with Crippen LogP contribution in [0.3, 0.4) is 0 Å². The number of nitrogens with zero attached hydrogens (tertiary/aromatic N) is 1. The Balaban J connectivity index is 2.14. The van der Waals surface area contributed by atoms with Gasteiger partial charge in [0.25, 0.3) is 15.8 Å². The lowest BCUT2D eigenvalue weighted by Gasteiger charge is -2.13. The first-order valence-electron chi connectivity index (χ1n) is 8.95. The Hall–Kier alpha value is -2.35. The van der Waals surface area contributed by atoms with Crippen LogP contribution in [0.4, 0.5) is 8.78 Å². The van der Waals surface area contributed by atoms with Gasteiger partial charge in [-0.2, -0.15) is 8.78 Å². The molecule has 3 aromatic carbocycles. The summed E-state index contributed by atoms with van der Waals surface area (Å²) in [6.07, 6.45) is 0. The zero-order valence-corrected chi connectivity index (χ0v) is 18.1. The fourth-order valence-corrected chi connectivity index (χ4v) is 5.89. The summed E-state index contributed by atoms with van der Waals surface area (Å²) in [5.74, 6) is -2.73. The second kappa shape index (κ2) is 8.06. The van der Waals surface area contributed by atoms with Crippen molar-refractivity contribution < 1.29 is 17.2 Å². The molecule has 0 saturated carbocycles. The summed E-state index contributed by atoms with van der Waals surface area (Å²) in [6.45, 7) is 1.86. The highest BCUT2D eigenvalue weighted by molar-refractivity contribution is 8.00. The molecule has 0 fully saturated rings. The first-order chi connectivity index (χ1) is 14.3. The Morgan fingerprint density at radius 2 is 1.63 bits per heavy atom. The highest BCUT2D eigenvalue weighted by Crippen LogP contribution is 2.44. The number of rotatable bonds is 5. The maximum absolute atomic E-state index is 13.7. The SMILES string of the molecule is Cc1ccc(S(=O)(=O)n2c(-c3ccccc3)c(SC(F)F)c3cc(Cl)ccc32)cc1. The third-order valence-electron chi connectivity index (χ3n) is 4.65. The maximum Gasteiger partial charge on any atom is 0.289 e. The monoisotopic (exact) mass is 463 g/mol. The van der Waals surface area contributed by atoms with Crippen LogP contribution in [0.2, 0.25) is 5.02 Å². The lowest BCUT2D eigenvalue weighted by atomic mass is 10.1. The molecule has 4 rings (SSSR count). The van der Waals surface area contributed by atoms with Crippen LogP contribution >= 0.6 is 23.4 Å². The molecule has 0 N–H and O–H groups in total. The van der Waals surface area contributed by atoms with E-state index in [1.807, 2.05) is 6.92 Å². The normalized spacial score (nSPS) is 12.0. The molecule has 8 heteroatoms. The van der Waals surface area contributed by atoms with Gasteiger partial charge in [-0.05, 0) is 37.3 Å². The molecular formula is C22H16ClF2NO2S2. The number of hydrogen-bond acceptors (Lipinski definition) is 3. The molecule has 0 bridgehead atoms. The summed E-state index contributed by atoms with van der Waals surface area (Å²) < 4.78 is 55.5. The van der Waals surface area contributed by atoms with Crippen molar-refractivity contribution in [1.82, 2.24) is 3.97 Å². The molecule has 0 unspecified atom stereocenters. The van der Waals surface area contributed by atoms with Gasteiger partial charge in [-0.3, -0.25) is 0 Å². The zero-order valence-electron chi connectivity index (χ0n) is 15.7. The van der Waals surface area contributed by atoms with Crippen molar-refractivity contribution in [3.05, 3.63) is 83.4 Å². The Kier molecular flexibility index (Phi) is 5.61. The first kappa shape index (κ1) is 20.9. The van der Waals surface area contributed by atoms with Gasteiger partial charge >= 0.3 is 0 Å². The number of halogens is 3. The van der Waals surface area contributed by atoms with Crippen LogP contribution in [0.5, 0.6) is 0 Å². The number of thioether (sulfide) groups is 1. The van der Waals surface area contributed by atoms with Gasteiger partial charge in [0.15, 0.2) is 0 Å². The van der Waals surface area contributed by atoms with Gasteiger partial charge < -0.3 is 0 Å². The average Bonchev–Trinajstić information content (AvgIpc) is 3.02. The third kappa shape index (κ3) is 3.73. The van der Waals surface area contributed by atoms with Gasteiger partial charge in [0.05, 0.1) is 16.1 Å². The van der Waals surface area contributed by atoms with Crippen molar-refractivity contribution in [1.29, 1.82) is 0 Å². The van der Waals surface area contributed by atoms with E-state index in [0.717, 1.165) is 9.54 Å². The molecule has 0 aliphatic carbocycles. The molecule has 1 aromatic heterocycles. The summed E-state index contributed by atoms with van der Waals surface area (Å²) in [4.78, 5) is 0.245. The largest absolute Gasteiger partial charge is 0.289 e. The second-order valence-corrected chi connectivity index (χ2v) is 9.89. The lowest BCUT2D eigenvalue weighted by Crippen LogP contribution is -2.14. The first-order valence-corrected chi connectivity index (χ1v) is 11.7. The Labute approximate surface area is 182 Å². The minimum absolute atomic E-state index is 0.0747. The highest BCUT2D eigenvalue weighted by Gasteiger charge is 2.29. The maximum atomic E-state index is 13.7. The smallest absolute Gasteiger partial charge is 0.232 e. The van der Waals surface area contributed by atoms with Gasteiger partial charge in [0, 0.05) is 20.9 Å². The van der Waals surface area contributed by atoms with Gasteiger partial charge in [-0.15, -0.1) is 0 Å². The van der Waals surface area contributed by atoms with Crippen LogP contribution in [0.25, 0.3) is 22.2 Å². The van der Waals surface area contributed by atoms with E-state index >= 15 is 0 Å². The van der Waals surface area contributed by atoms with Crippen molar-refractivity contribution in [2.75, 3.05) is 0 Å². The van der Waals surface area contributed by atoms with Gasteiger partial charge in [-0.1, -0.05) is 71.4 Å². The quantitative estimate of drug-likeness (QED) is 0.305. The van der Waals surface area contributed by atoms with E-state index in [1.54, 1.807) is 54.6 Å². The lowest BCUT2D eigenvalue weighted by molar-refractivity contribution is 0.252. The van der Waals surface area contributed by atoms with E-state index in [-0.39, 0.29) is 15.5 Å². The molecule has 0 saturated heterocycles.